The molecule has 2 aromatic heterocycles. The van der Waals surface area contributed by atoms with Crippen molar-refractivity contribution in [1.82, 2.24) is 24.5 Å². The van der Waals surface area contributed by atoms with Crippen molar-refractivity contribution >= 4 is 28.6 Å². The molecule has 2 heterocycles. The van der Waals surface area contributed by atoms with E-state index in [1.807, 2.05) is 32.9 Å². The van der Waals surface area contributed by atoms with Crippen molar-refractivity contribution in [3.05, 3.63) is 39.9 Å². The van der Waals surface area contributed by atoms with Crippen LogP contribution in [0.15, 0.2) is 23.0 Å². The van der Waals surface area contributed by atoms with Gasteiger partial charge >= 0.3 is 5.97 Å². The smallest absolute Gasteiger partial charge is 0.325 e. The highest BCUT2D eigenvalue weighted by atomic mass is 16.5. The highest BCUT2D eigenvalue weighted by molar-refractivity contribution is 5.82. The van der Waals surface area contributed by atoms with Crippen molar-refractivity contribution in [3.8, 4) is 0 Å². The summed E-state index contributed by atoms with van der Waals surface area (Å²) >= 11 is 0. The number of benzene rings is 1. The SMILES string of the molecule is Cc1ccc2c(c1)c(=O)n(C)c1nnc(COC(=O)CNC(=O)CCC(C)C)n21. The molecule has 0 aliphatic heterocycles. The molecule has 9 heteroatoms. The number of aryl methyl sites for hydroxylation is 2. The molecule has 0 saturated carbocycles. The first-order valence-electron chi connectivity index (χ1n) is 9.53. The fourth-order valence-electron chi connectivity index (χ4n) is 3.03. The number of hydrogen-bond acceptors (Lipinski definition) is 6. The van der Waals surface area contributed by atoms with Gasteiger partial charge in [-0.25, -0.2) is 0 Å². The molecule has 0 spiro atoms. The normalized spacial score (nSPS) is 11.3. The van der Waals surface area contributed by atoms with Gasteiger partial charge in [-0.2, -0.15) is 0 Å². The number of nitrogens with one attached hydrogen (secondary N) is 1. The van der Waals surface area contributed by atoms with Gasteiger partial charge in [0.1, 0.15) is 6.54 Å². The number of ether oxygens (including phenoxy) is 1. The molecule has 0 fully saturated rings. The Bertz CT molecular complexity index is 1130. The van der Waals surface area contributed by atoms with E-state index in [1.165, 1.54) is 4.57 Å². The van der Waals surface area contributed by atoms with E-state index in [9.17, 15) is 14.4 Å². The molecule has 3 aromatic rings. The van der Waals surface area contributed by atoms with E-state index in [0.717, 1.165) is 12.0 Å². The summed E-state index contributed by atoms with van der Waals surface area (Å²) < 4.78 is 8.36. The predicted octanol–water partition coefficient (Wildman–Crippen LogP) is 1.49. The van der Waals surface area contributed by atoms with Gasteiger partial charge in [0.05, 0.1) is 10.9 Å². The van der Waals surface area contributed by atoms with E-state index in [4.69, 9.17) is 4.74 Å². The molecule has 0 aliphatic rings. The molecule has 0 saturated heterocycles. The van der Waals surface area contributed by atoms with Gasteiger partial charge in [-0.1, -0.05) is 25.5 Å². The second kappa shape index (κ2) is 8.42. The van der Waals surface area contributed by atoms with Crippen molar-refractivity contribution in [2.75, 3.05) is 6.54 Å². The highest BCUT2D eigenvalue weighted by Crippen LogP contribution is 2.16. The van der Waals surface area contributed by atoms with Gasteiger partial charge < -0.3 is 10.1 Å². The van der Waals surface area contributed by atoms with Crippen molar-refractivity contribution in [2.24, 2.45) is 13.0 Å². The Hall–Kier alpha value is -3.23. The number of nitrogens with zero attached hydrogens (tertiary/aromatic N) is 4. The van der Waals surface area contributed by atoms with Crippen LogP contribution in [0, 0.1) is 12.8 Å². The summed E-state index contributed by atoms with van der Waals surface area (Å²) in [6.45, 7) is 5.65. The molecule has 0 unspecified atom stereocenters. The van der Waals surface area contributed by atoms with Gasteiger partial charge in [0.2, 0.25) is 11.7 Å². The number of fused-ring (bicyclic) bond motifs is 3. The molecule has 1 amide bonds. The lowest BCUT2D eigenvalue weighted by molar-refractivity contribution is -0.145. The summed E-state index contributed by atoms with van der Waals surface area (Å²) in [7, 11) is 1.62. The third-order valence-electron chi connectivity index (χ3n) is 4.68. The van der Waals surface area contributed by atoms with Gasteiger partial charge in [0.25, 0.3) is 5.56 Å². The Labute approximate surface area is 167 Å². The van der Waals surface area contributed by atoms with Crippen LogP contribution in [0.5, 0.6) is 0 Å². The van der Waals surface area contributed by atoms with Crippen LogP contribution in [-0.4, -0.2) is 37.6 Å². The van der Waals surface area contributed by atoms with E-state index < -0.39 is 5.97 Å². The van der Waals surface area contributed by atoms with Crippen molar-refractivity contribution in [3.63, 3.8) is 0 Å². The zero-order chi connectivity index (χ0) is 21.1. The predicted molar refractivity (Wildman–Crippen MR) is 107 cm³/mol. The number of esters is 1. The average molecular weight is 399 g/mol. The summed E-state index contributed by atoms with van der Waals surface area (Å²) in [5.41, 5.74) is 1.44. The Morgan fingerprint density at radius 3 is 2.72 bits per heavy atom. The largest absolute Gasteiger partial charge is 0.456 e. The molecule has 0 bridgehead atoms. The zero-order valence-corrected chi connectivity index (χ0v) is 17.1. The van der Waals surface area contributed by atoms with E-state index >= 15 is 0 Å². The topological polar surface area (TPSA) is 108 Å². The molecule has 0 aliphatic carbocycles. The number of amides is 1. The van der Waals surface area contributed by atoms with Crippen LogP contribution in [-0.2, 0) is 28.0 Å². The van der Waals surface area contributed by atoms with Gasteiger partial charge in [-0.3, -0.25) is 23.4 Å². The number of carbonyl (C=O) groups excluding carboxylic acids is 2. The number of aromatic nitrogens is 4. The molecule has 29 heavy (non-hydrogen) atoms. The fourth-order valence-corrected chi connectivity index (χ4v) is 3.03. The van der Waals surface area contributed by atoms with Crippen molar-refractivity contribution < 1.29 is 14.3 Å². The first-order chi connectivity index (χ1) is 13.8. The number of rotatable bonds is 7. The summed E-state index contributed by atoms with van der Waals surface area (Å²) in [5, 5.41) is 11.2. The van der Waals surface area contributed by atoms with Crippen LogP contribution < -0.4 is 10.9 Å². The molecule has 0 atom stereocenters. The second-order valence-electron chi connectivity index (χ2n) is 7.51. The molecule has 1 N–H and O–H groups in total. The monoisotopic (exact) mass is 399 g/mol. The first kappa shape index (κ1) is 20.5. The quantitative estimate of drug-likeness (QED) is 0.603. The second-order valence-corrected chi connectivity index (χ2v) is 7.51. The standard InChI is InChI=1S/C20H25N5O4/c1-12(2)5-8-17(26)21-10-18(27)29-11-16-22-23-20-24(4)19(28)14-9-13(3)6-7-15(14)25(16)20/h6-7,9,12H,5,8,10-11H2,1-4H3,(H,21,26). The molecular weight excluding hydrogens is 374 g/mol. The van der Waals surface area contributed by atoms with Gasteiger partial charge in [0.15, 0.2) is 12.4 Å². The average Bonchev–Trinajstić information content (AvgIpc) is 3.11. The first-order valence-corrected chi connectivity index (χ1v) is 9.53. The minimum absolute atomic E-state index is 0.122. The Balaban J connectivity index is 1.74. The van der Waals surface area contributed by atoms with Crippen LogP contribution in [0.2, 0.25) is 0 Å². The third-order valence-corrected chi connectivity index (χ3v) is 4.68. The number of hydrogen-bond donors (Lipinski definition) is 1. The van der Waals surface area contributed by atoms with E-state index in [0.29, 0.717) is 34.8 Å². The summed E-state index contributed by atoms with van der Waals surface area (Å²) in [4.78, 5) is 36.3. The maximum Gasteiger partial charge on any atom is 0.325 e. The minimum atomic E-state index is -0.565. The third kappa shape index (κ3) is 4.44. The Kier molecular flexibility index (Phi) is 5.95. The fraction of sp³-hybridized carbons (Fsp3) is 0.450. The molecule has 9 nitrogen and oxygen atoms in total. The summed E-state index contributed by atoms with van der Waals surface area (Å²) in [6.07, 6.45) is 1.14. The summed E-state index contributed by atoms with van der Waals surface area (Å²) in [5.74, 6) is 0.427. The van der Waals surface area contributed by atoms with Gasteiger partial charge in [0, 0.05) is 13.5 Å². The van der Waals surface area contributed by atoms with Crippen molar-refractivity contribution in [2.45, 2.75) is 40.2 Å². The van der Waals surface area contributed by atoms with Gasteiger partial charge in [-0.15, -0.1) is 10.2 Å². The molecule has 0 radical (unpaired) electrons. The minimum Gasteiger partial charge on any atom is -0.456 e. The summed E-state index contributed by atoms with van der Waals surface area (Å²) in [6, 6.07) is 5.52. The van der Waals surface area contributed by atoms with Crippen LogP contribution in [0.3, 0.4) is 0 Å². The van der Waals surface area contributed by atoms with Crippen LogP contribution >= 0.6 is 0 Å². The van der Waals surface area contributed by atoms with Gasteiger partial charge in [-0.05, 0) is 31.4 Å². The maximum atomic E-state index is 12.6. The van der Waals surface area contributed by atoms with Crippen LogP contribution in [0.4, 0.5) is 0 Å². The zero-order valence-electron chi connectivity index (χ0n) is 17.1. The van der Waals surface area contributed by atoms with Crippen molar-refractivity contribution in [1.29, 1.82) is 0 Å². The Morgan fingerprint density at radius 2 is 2.00 bits per heavy atom. The molecular formula is C20H25N5O4. The lowest BCUT2D eigenvalue weighted by Crippen LogP contribution is -2.30. The highest BCUT2D eigenvalue weighted by Gasteiger charge is 2.16. The van der Waals surface area contributed by atoms with E-state index in [2.05, 4.69) is 15.5 Å². The lowest BCUT2D eigenvalue weighted by Gasteiger charge is -2.09. The van der Waals surface area contributed by atoms with E-state index in [-0.39, 0.29) is 24.6 Å². The van der Waals surface area contributed by atoms with Crippen LogP contribution in [0.1, 0.15) is 38.1 Å². The Morgan fingerprint density at radius 1 is 1.24 bits per heavy atom. The number of carbonyl (C=O) groups is 2. The molecule has 154 valence electrons. The maximum absolute atomic E-state index is 12.6. The molecule has 3 rings (SSSR count). The van der Waals surface area contributed by atoms with Crippen LogP contribution in [0.25, 0.3) is 16.7 Å². The lowest BCUT2D eigenvalue weighted by atomic mass is 10.1. The molecule has 1 aromatic carbocycles. The van der Waals surface area contributed by atoms with E-state index in [1.54, 1.807) is 17.5 Å².